The van der Waals surface area contributed by atoms with Crippen LogP contribution in [0.4, 0.5) is 0 Å². The van der Waals surface area contributed by atoms with Crippen LogP contribution in [-0.4, -0.2) is 19.2 Å². The molecular formula is C19H23NO. The number of hydrogen-bond donors (Lipinski definition) is 1. The van der Waals surface area contributed by atoms with Gasteiger partial charge in [0.05, 0.1) is 12.9 Å². The minimum Gasteiger partial charge on any atom is -0.501 e. The lowest BCUT2D eigenvalue weighted by atomic mass is 9.94. The highest BCUT2D eigenvalue weighted by molar-refractivity contribution is 5.83. The van der Waals surface area contributed by atoms with Crippen LogP contribution in [0.2, 0.25) is 0 Å². The van der Waals surface area contributed by atoms with Crippen molar-refractivity contribution in [3.05, 3.63) is 59.9 Å². The number of nitrogens with one attached hydrogen (secondary N) is 1. The molecule has 0 amide bonds. The highest BCUT2D eigenvalue weighted by atomic mass is 16.5. The molecule has 2 aromatic rings. The molecule has 0 fully saturated rings. The zero-order valence-corrected chi connectivity index (χ0v) is 12.6. The summed E-state index contributed by atoms with van der Waals surface area (Å²) in [5, 5.41) is 6.23. The molecule has 21 heavy (non-hydrogen) atoms. The van der Waals surface area contributed by atoms with Crippen LogP contribution in [0.15, 0.2) is 54.3 Å². The minimum absolute atomic E-state index is 0.386. The molecule has 0 saturated carbocycles. The van der Waals surface area contributed by atoms with Crippen molar-refractivity contribution < 1.29 is 4.74 Å². The van der Waals surface area contributed by atoms with E-state index in [2.05, 4.69) is 54.7 Å². The van der Waals surface area contributed by atoms with Gasteiger partial charge in [0.2, 0.25) is 0 Å². The first kappa shape index (κ1) is 14.2. The fourth-order valence-electron chi connectivity index (χ4n) is 3.02. The Hall–Kier alpha value is -1.80. The molecule has 0 spiro atoms. The molecule has 3 rings (SSSR count). The Kier molecular flexibility index (Phi) is 4.56. The van der Waals surface area contributed by atoms with E-state index in [0.717, 1.165) is 32.4 Å². The normalized spacial score (nSPS) is 16.3. The van der Waals surface area contributed by atoms with Crippen molar-refractivity contribution in [1.29, 1.82) is 0 Å². The molecule has 2 nitrogen and oxygen atoms in total. The summed E-state index contributed by atoms with van der Waals surface area (Å²) in [7, 11) is 0. The molecule has 2 heteroatoms. The molecule has 1 heterocycles. The Labute approximate surface area is 126 Å². The number of fused-ring (bicyclic) bond motifs is 1. The number of likely N-dealkylation sites (N-methyl/N-ethyl adjacent to an activating group) is 1. The molecule has 1 atom stereocenters. The summed E-state index contributed by atoms with van der Waals surface area (Å²) in [4.78, 5) is 0. The zero-order valence-electron chi connectivity index (χ0n) is 12.6. The summed E-state index contributed by atoms with van der Waals surface area (Å²) < 4.78 is 5.52. The van der Waals surface area contributed by atoms with Gasteiger partial charge in [-0.3, -0.25) is 0 Å². The molecule has 0 radical (unpaired) electrons. The van der Waals surface area contributed by atoms with Crippen LogP contribution >= 0.6 is 0 Å². The third kappa shape index (κ3) is 3.45. The van der Waals surface area contributed by atoms with E-state index in [9.17, 15) is 0 Å². The molecule has 1 unspecified atom stereocenters. The number of rotatable bonds is 5. The summed E-state index contributed by atoms with van der Waals surface area (Å²) in [6.07, 6.45) is 5.27. The van der Waals surface area contributed by atoms with Crippen molar-refractivity contribution in [3.63, 3.8) is 0 Å². The highest BCUT2D eigenvalue weighted by Gasteiger charge is 2.16. The van der Waals surface area contributed by atoms with E-state index in [1.54, 1.807) is 0 Å². The van der Waals surface area contributed by atoms with Crippen LogP contribution in [0, 0.1) is 0 Å². The third-order valence-corrected chi connectivity index (χ3v) is 4.11. The van der Waals surface area contributed by atoms with Crippen LogP contribution in [0.25, 0.3) is 10.8 Å². The standard InChI is InChI=1S/C19H23NO/c1-2-20-19(18-8-5-11-21-14-18)13-15-9-10-16-6-3-4-7-17(16)12-15/h3-4,6-7,9-10,12,14,19-20H,2,5,8,11,13H2,1H3. The lowest BCUT2D eigenvalue weighted by molar-refractivity contribution is 0.219. The van der Waals surface area contributed by atoms with E-state index in [1.807, 2.05) is 6.26 Å². The van der Waals surface area contributed by atoms with Gasteiger partial charge in [0.25, 0.3) is 0 Å². The fraction of sp³-hybridized carbons (Fsp3) is 0.368. The van der Waals surface area contributed by atoms with Crippen LogP contribution in [0.5, 0.6) is 0 Å². The lowest BCUT2D eigenvalue weighted by Gasteiger charge is -2.24. The smallest absolute Gasteiger partial charge is 0.0876 e. The Bertz CT molecular complexity index is 632. The van der Waals surface area contributed by atoms with Crippen LogP contribution in [0.3, 0.4) is 0 Å². The average Bonchev–Trinajstić information content (AvgIpc) is 2.55. The third-order valence-electron chi connectivity index (χ3n) is 4.11. The zero-order chi connectivity index (χ0) is 14.5. The van der Waals surface area contributed by atoms with Crippen molar-refractivity contribution in [2.45, 2.75) is 32.2 Å². The quantitative estimate of drug-likeness (QED) is 0.892. The Balaban J connectivity index is 1.81. The van der Waals surface area contributed by atoms with Crippen LogP contribution < -0.4 is 5.32 Å². The maximum atomic E-state index is 5.52. The second-order valence-electron chi connectivity index (χ2n) is 5.66. The van der Waals surface area contributed by atoms with Gasteiger partial charge in [-0.2, -0.15) is 0 Å². The largest absolute Gasteiger partial charge is 0.501 e. The van der Waals surface area contributed by atoms with Gasteiger partial charge >= 0.3 is 0 Å². The predicted octanol–water partition coefficient (Wildman–Crippen LogP) is 4.05. The molecule has 1 aliphatic heterocycles. The first-order valence-corrected chi connectivity index (χ1v) is 7.88. The van der Waals surface area contributed by atoms with Crippen molar-refractivity contribution >= 4 is 10.8 Å². The maximum absolute atomic E-state index is 5.52. The van der Waals surface area contributed by atoms with E-state index >= 15 is 0 Å². The van der Waals surface area contributed by atoms with Crippen LogP contribution in [-0.2, 0) is 11.2 Å². The molecule has 0 bridgehead atoms. The van der Waals surface area contributed by atoms with Gasteiger partial charge in [-0.1, -0.05) is 49.4 Å². The van der Waals surface area contributed by atoms with Crippen molar-refractivity contribution in [1.82, 2.24) is 5.32 Å². The van der Waals surface area contributed by atoms with E-state index in [4.69, 9.17) is 4.74 Å². The van der Waals surface area contributed by atoms with Gasteiger partial charge in [0.1, 0.15) is 0 Å². The number of hydrogen-bond acceptors (Lipinski definition) is 2. The molecule has 0 aromatic heterocycles. The molecule has 110 valence electrons. The summed E-state index contributed by atoms with van der Waals surface area (Å²) in [5.74, 6) is 0. The summed E-state index contributed by atoms with van der Waals surface area (Å²) in [6.45, 7) is 4.01. The van der Waals surface area contributed by atoms with Crippen LogP contribution in [0.1, 0.15) is 25.3 Å². The van der Waals surface area contributed by atoms with Crippen molar-refractivity contribution in [3.8, 4) is 0 Å². The minimum atomic E-state index is 0.386. The average molecular weight is 281 g/mol. The first-order valence-electron chi connectivity index (χ1n) is 7.88. The van der Waals surface area contributed by atoms with E-state index in [-0.39, 0.29) is 0 Å². The number of ether oxygens (including phenoxy) is 1. The fourth-order valence-corrected chi connectivity index (χ4v) is 3.02. The van der Waals surface area contributed by atoms with Gasteiger partial charge in [-0.15, -0.1) is 0 Å². The van der Waals surface area contributed by atoms with Gasteiger partial charge in [0, 0.05) is 6.04 Å². The Morgan fingerprint density at radius 2 is 2.00 bits per heavy atom. The highest BCUT2D eigenvalue weighted by Crippen LogP contribution is 2.21. The Morgan fingerprint density at radius 3 is 2.76 bits per heavy atom. The summed E-state index contributed by atoms with van der Waals surface area (Å²) >= 11 is 0. The second-order valence-corrected chi connectivity index (χ2v) is 5.66. The molecule has 1 aliphatic rings. The molecular weight excluding hydrogens is 258 g/mol. The predicted molar refractivity (Wildman–Crippen MR) is 88.4 cm³/mol. The first-order chi connectivity index (χ1) is 10.4. The molecule has 0 saturated heterocycles. The molecule has 1 N–H and O–H groups in total. The topological polar surface area (TPSA) is 21.3 Å². The number of benzene rings is 2. The van der Waals surface area contributed by atoms with Gasteiger partial charge in [-0.05, 0) is 47.7 Å². The molecule has 2 aromatic carbocycles. The summed E-state index contributed by atoms with van der Waals surface area (Å²) in [6, 6.07) is 15.7. The van der Waals surface area contributed by atoms with Gasteiger partial charge in [-0.25, -0.2) is 0 Å². The van der Waals surface area contributed by atoms with E-state index in [0.29, 0.717) is 6.04 Å². The van der Waals surface area contributed by atoms with Crippen molar-refractivity contribution in [2.24, 2.45) is 0 Å². The lowest BCUT2D eigenvalue weighted by Crippen LogP contribution is -2.33. The van der Waals surface area contributed by atoms with Gasteiger partial charge in [0.15, 0.2) is 0 Å². The van der Waals surface area contributed by atoms with Crippen molar-refractivity contribution in [2.75, 3.05) is 13.2 Å². The summed E-state index contributed by atoms with van der Waals surface area (Å²) in [5.41, 5.74) is 2.78. The second kappa shape index (κ2) is 6.77. The molecule has 0 aliphatic carbocycles. The monoisotopic (exact) mass is 281 g/mol. The maximum Gasteiger partial charge on any atom is 0.0876 e. The SMILES string of the molecule is CCNC(Cc1ccc2ccccc2c1)C1=COCCC1. The Morgan fingerprint density at radius 1 is 1.14 bits per heavy atom. The van der Waals surface area contributed by atoms with E-state index < -0.39 is 0 Å². The van der Waals surface area contributed by atoms with E-state index in [1.165, 1.54) is 21.9 Å². The van der Waals surface area contributed by atoms with Gasteiger partial charge < -0.3 is 10.1 Å².